The number of halogens is 1. The van der Waals surface area contributed by atoms with Crippen molar-refractivity contribution in [1.82, 2.24) is 25.3 Å². The van der Waals surface area contributed by atoms with Gasteiger partial charge >= 0.3 is 0 Å². The number of hydrogen-bond donors (Lipinski definition) is 1. The smallest absolute Gasteiger partial charge is 0.248 e. The van der Waals surface area contributed by atoms with Crippen LogP contribution in [-0.4, -0.2) is 39.6 Å². The Hall–Kier alpha value is -1.23. The van der Waals surface area contributed by atoms with E-state index in [0.717, 1.165) is 23.2 Å². The van der Waals surface area contributed by atoms with Gasteiger partial charge in [0.1, 0.15) is 6.54 Å². The fourth-order valence-corrected chi connectivity index (χ4v) is 2.42. The summed E-state index contributed by atoms with van der Waals surface area (Å²) in [4.78, 5) is 15.2. The van der Waals surface area contributed by atoms with Crippen molar-refractivity contribution in [2.45, 2.75) is 33.9 Å². The third kappa shape index (κ3) is 5.52. The lowest BCUT2D eigenvalue weighted by Gasteiger charge is -2.20. The van der Waals surface area contributed by atoms with Crippen molar-refractivity contribution in [3.05, 3.63) is 27.8 Å². The van der Waals surface area contributed by atoms with E-state index in [9.17, 15) is 0 Å². The molecule has 2 rings (SSSR count). The second-order valence-electron chi connectivity index (χ2n) is 4.62. The highest BCUT2D eigenvalue weighted by Crippen LogP contribution is 2.10. The number of hydrogen-bond acceptors (Lipinski definition) is 6. The van der Waals surface area contributed by atoms with Gasteiger partial charge in [-0.05, 0) is 20.8 Å². The van der Waals surface area contributed by atoms with Gasteiger partial charge in [0, 0.05) is 19.0 Å². The third-order valence-electron chi connectivity index (χ3n) is 2.70. The van der Waals surface area contributed by atoms with Crippen LogP contribution >= 0.6 is 35.3 Å². The van der Waals surface area contributed by atoms with E-state index in [1.807, 2.05) is 25.8 Å². The predicted octanol–water partition coefficient (Wildman–Crippen LogP) is 2.36. The van der Waals surface area contributed by atoms with Crippen molar-refractivity contribution < 1.29 is 4.52 Å². The van der Waals surface area contributed by atoms with Crippen LogP contribution in [0.2, 0.25) is 0 Å². The van der Waals surface area contributed by atoms with Crippen molar-refractivity contribution in [3.63, 3.8) is 0 Å². The summed E-state index contributed by atoms with van der Waals surface area (Å²) in [6.45, 7) is 7.70. The average molecular weight is 436 g/mol. The van der Waals surface area contributed by atoms with Gasteiger partial charge in [0.15, 0.2) is 11.8 Å². The van der Waals surface area contributed by atoms with E-state index >= 15 is 0 Å². The minimum absolute atomic E-state index is 0. The van der Waals surface area contributed by atoms with Gasteiger partial charge in [-0.3, -0.25) is 0 Å². The van der Waals surface area contributed by atoms with Crippen LogP contribution in [0.1, 0.15) is 29.3 Å². The van der Waals surface area contributed by atoms with E-state index in [4.69, 9.17) is 4.52 Å². The molecule has 2 aromatic rings. The lowest BCUT2D eigenvalue weighted by Crippen LogP contribution is -2.38. The Kier molecular flexibility index (Phi) is 7.73. The van der Waals surface area contributed by atoms with Gasteiger partial charge < -0.3 is 14.7 Å². The number of nitrogens with zero attached hydrogens (tertiary/aromatic N) is 5. The zero-order chi connectivity index (χ0) is 15.2. The van der Waals surface area contributed by atoms with E-state index in [2.05, 4.69) is 30.8 Å². The fraction of sp³-hybridized carbons (Fsp3) is 0.538. The first-order valence-electron chi connectivity index (χ1n) is 6.78. The topological polar surface area (TPSA) is 79.4 Å². The van der Waals surface area contributed by atoms with Crippen LogP contribution in [0.15, 0.2) is 14.9 Å². The normalized spacial score (nSPS) is 11.2. The van der Waals surface area contributed by atoms with Gasteiger partial charge in [0.2, 0.25) is 5.89 Å². The Balaban J connectivity index is 0.00000242. The minimum atomic E-state index is 0. The molecule has 0 aromatic carbocycles. The third-order valence-corrected chi connectivity index (χ3v) is 3.52. The molecule has 0 fully saturated rings. The maximum Gasteiger partial charge on any atom is 0.248 e. The summed E-state index contributed by atoms with van der Waals surface area (Å²) in [5.41, 5.74) is 1.04. The van der Waals surface area contributed by atoms with E-state index in [1.54, 1.807) is 18.3 Å². The van der Waals surface area contributed by atoms with Crippen LogP contribution < -0.4 is 5.32 Å². The summed E-state index contributed by atoms with van der Waals surface area (Å²) in [5, 5.41) is 10.1. The lowest BCUT2D eigenvalue weighted by atomic mass is 10.4. The first-order chi connectivity index (χ1) is 10.1. The Morgan fingerprint density at radius 1 is 1.41 bits per heavy atom. The number of aryl methyl sites for hydroxylation is 2. The second-order valence-corrected chi connectivity index (χ2v) is 5.68. The fourth-order valence-electron chi connectivity index (χ4n) is 1.82. The number of aromatic nitrogens is 3. The van der Waals surface area contributed by atoms with Crippen molar-refractivity contribution in [3.8, 4) is 0 Å². The summed E-state index contributed by atoms with van der Waals surface area (Å²) < 4.78 is 5.07. The van der Waals surface area contributed by atoms with Gasteiger partial charge in [-0.2, -0.15) is 4.98 Å². The highest BCUT2D eigenvalue weighted by Gasteiger charge is 2.09. The molecule has 0 saturated carbocycles. The molecule has 1 N–H and O–H groups in total. The maximum absolute atomic E-state index is 5.07. The molecule has 0 unspecified atom stereocenters. The minimum Gasteiger partial charge on any atom is -0.357 e. The second kappa shape index (κ2) is 9.03. The molecular weight excluding hydrogens is 415 g/mol. The van der Waals surface area contributed by atoms with Crippen LogP contribution in [0.5, 0.6) is 0 Å². The van der Waals surface area contributed by atoms with E-state index < -0.39 is 0 Å². The summed E-state index contributed by atoms with van der Waals surface area (Å²) in [7, 11) is 1.98. The number of thiazole rings is 1. The first kappa shape index (κ1) is 18.8. The van der Waals surface area contributed by atoms with Crippen molar-refractivity contribution in [2.75, 3.05) is 13.6 Å². The van der Waals surface area contributed by atoms with Crippen LogP contribution in [0.25, 0.3) is 0 Å². The lowest BCUT2D eigenvalue weighted by molar-refractivity contribution is 0.375. The van der Waals surface area contributed by atoms with Gasteiger partial charge in [-0.25, -0.2) is 9.98 Å². The summed E-state index contributed by atoms with van der Waals surface area (Å²) >= 11 is 1.65. The molecule has 22 heavy (non-hydrogen) atoms. The highest BCUT2D eigenvalue weighted by molar-refractivity contribution is 14.0. The van der Waals surface area contributed by atoms with Crippen molar-refractivity contribution in [1.29, 1.82) is 0 Å². The molecule has 0 amide bonds. The predicted molar refractivity (Wildman–Crippen MR) is 97.6 cm³/mol. The first-order valence-corrected chi connectivity index (χ1v) is 7.66. The molecule has 2 heterocycles. The Morgan fingerprint density at radius 2 is 2.18 bits per heavy atom. The molecule has 122 valence electrons. The van der Waals surface area contributed by atoms with Crippen LogP contribution in [0.3, 0.4) is 0 Å². The van der Waals surface area contributed by atoms with Crippen LogP contribution in [0, 0.1) is 13.8 Å². The molecule has 9 heteroatoms. The zero-order valence-electron chi connectivity index (χ0n) is 13.2. The van der Waals surface area contributed by atoms with Gasteiger partial charge in [0.25, 0.3) is 0 Å². The monoisotopic (exact) mass is 436 g/mol. The largest absolute Gasteiger partial charge is 0.357 e. The number of nitrogens with one attached hydrogen (secondary N) is 1. The molecule has 0 aliphatic rings. The van der Waals surface area contributed by atoms with Crippen molar-refractivity contribution in [2.24, 2.45) is 4.99 Å². The highest BCUT2D eigenvalue weighted by atomic mass is 127. The summed E-state index contributed by atoms with van der Waals surface area (Å²) in [6, 6.07) is 0. The molecule has 0 radical (unpaired) electrons. The average Bonchev–Trinajstić information content (AvgIpc) is 3.03. The molecule has 7 nitrogen and oxygen atoms in total. The van der Waals surface area contributed by atoms with Crippen LogP contribution in [-0.2, 0) is 13.1 Å². The number of rotatable bonds is 5. The number of guanidine groups is 1. The molecule has 0 aliphatic heterocycles. The molecule has 0 aliphatic carbocycles. The van der Waals surface area contributed by atoms with Gasteiger partial charge in [-0.1, -0.05) is 5.16 Å². The molecule has 0 spiro atoms. The summed E-state index contributed by atoms with van der Waals surface area (Å²) in [6.07, 6.45) is 0. The number of aliphatic imine (C=N–C) groups is 1. The molecular formula is C13H21IN6OS. The Labute approximate surface area is 151 Å². The van der Waals surface area contributed by atoms with Crippen molar-refractivity contribution >= 4 is 41.3 Å². The van der Waals surface area contributed by atoms with E-state index in [0.29, 0.717) is 24.8 Å². The standard InChI is InChI=1S/C13H20N6OS.HI/c1-5-14-13(15-6-12-16-9(2)18-20-12)19(4)7-11-8-21-10(3)17-11;/h8H,5-7H2,1-4H3,(H,14,15);1H. The zero-order valence-corrected chi connectivity index (χ0v) is 16.3. The molecule has 0 bridgehead atoms. The maximum atomic E-state index is 5.07. The Morgan fingerprint density at radius 3 is 2.73 bits per heavy atom. The molecule has 0 atom stereocenters. The van der Waals surface area contributed by atoms with Gasteiger partial charge in [-0.15, -0.1) is 35.3 Å². The summed E-state index contributed by atoms with van der Waals surface area (Å²) in [5.74, 6) is 1.93. The molecule has 2 aromatic heterocycles. The van der Waals surface area contributed by atoms with Gasteiger partial charge in [0.05, 0.1) is 17.2 Å². The van der Waals surface area contributed by atoms with E-state index in [-0.39, 0.29) is 24.0 Å². The quantitative estimate of drug-likeness (QED) is 0.441. The Bertz CT molecular complexity index is 611. The van der Waals surface area contributed by atoms with E-state index in [1.165, 1.54) is 0 Å². The van der Waals surface area contributed by atoms with Crippen LogP contribution in [0.4, 0.5) is 0 Å². The molecule has 0 saturated heterocycles. The SMILES string of the molecule is CCNC(=NCc1nc(C)no1)N(C)Cc1csc(C)n1.I.